The molecule has 0 amide bonds. The Morgan fingerprint density at radius 3 is 0.588 bits per heavy atom. The lowest BCUT2D eigenvalue weighted by Gasteiger charge is -2.24. The summed E-state index contributed by atoms with van der Waals surface area (Å²) in [5, 5.41) is -5.66. The number of benzene rings is 3. The number of hydrogen-bond donors (Lipinski definition) is 0. The third-order valence-electron chi connectivity index (χ3n) is 4.60. The van der Waals surface area contributed by atoms with Crippen LogP contribution < -0.4 is 0 Å². The molecule has 0 fully saturated rings. The van der Waals surface area contributed by atoms with Gasteiger partial charge in [0.05, 0.1) is 5.92 Å². The fourth-order valence-corrected chi connectivity index (χ4v) is 3.56. The maximum atomic E-state index is 14.6. The molecule has 0 saturated heterocycles. The zero-order valence-electron chi connectivity index (χ0n) is 15.2. The van der Waals surface area contributed by atoms with Crippen molar-refractivity contribution in [3.8, 4) is 0 Å². The van der Waals surface area contributed by atoms with Gasteiger partial charge < -0.3 is 0 Å². The van der Waals surface area contributed by atoms with E-state index in [0.717, 1.165) is 0 Å². The largest absolute Gasteiger partial charge is 0.203 e. The fraction of sp³-hybridized carbons (Fsp3) is 0.0526. The van der Waals surface area contributed by atoms with Crippen LogP contribution in [-0.4, -0.2) is 0 Å². The molecule has 0 bridgehead atoms. The van der Waals surface area contributed by atoms with E-state index in [2.05, 4.69) is 0 Å². The topological polar surface area (TPSA) is 0 Å². The Bertz CT molecular complexity index is 1120. The smallest absolute Gasteiger partial charge is 0.180 e. The SMILES string of the molecule is Fc1c(F)c(C(c2c(F)c(F)c(Cl)c(F)c2F)c2c(F)c(F)c(Cl)c(F)c2F)c(F)c(F)c1Cl. The van der Waals surface area contributed by atoms with Gasteiger partial charge in [-0.05, 0) is 0 Å². The second-order valence-corrected chi connectivity index (χ2v) is 7.52. The van der Waals surface area contributed by atoms with Crippen molar-refractivity contribution in [2.75, 3.05) is 0 Å². The molecule has 0 radical (unpaired) electrons. The van der Waals surface area contributed by atoms with Gasteiger partial charge in [-0.1, -0.05) is 34.8 Å². The highest BCUT2D eigenvalue weighted by Gasteiger charge is 2.42. The fourth-order valence-electron chi connectivity index (χ4n) is 3.06. The van der Waals surface area contributed by atoms with Crippen molar-refractivity contribution in [3.05, 3.63) is 102 Å². The van der Waals surface area contributed by atoms with Gasteiger partial charge in [-0.25, -0.2) is 52.7 Å². The number of halogens is 15. The summed E-state index contributed by atoms with van der Waals surface area (Å²) in [7, 11) is 0. The Labute approximate surface area is 195 Å². The van der Waals surface area contributed by atoms with Crippen LogP contribution in [0.4, 0.5) is 52.7 Å². The summed E-state index contributed by atoms with van der Waals surface area (Å²) in [6.45, 7) is 0. The Hall–Kier alpha value is -2.31. The molecule has 0 spiro atoms. The average molecular weight is 564 g/mol. The van der Waals surface area contributed by atoms with Crippen molar-refractivity contribution in [1.29, 1.82) is 0 Å². The van der Waals surface area contributed by atoms with Crippen molar-refractivity contribution >= 4 is 34.8 Å². The van der Waals surface area contributed by atoms with Crippen LogP contribution in [0.15, 0.2) is 0 Å². The first-order valence-electron chi connectivity index (χ1n) is 8.20. The normalized spacial score (nSPS) is 11.6. The Morgan fingerprint density at radius 2 is 0.441 bits per heavy atom. The van der Waals surface area contributed by atoms with Crippen LogP contribution in [-0.2, 0) is 0 Å². The van der Waals surface area contributed by atoms with E-state index in [4.69, 9.17) is 34.8 Å². The molecule has 0 N–H and O–H groups in total. The third-order valence-corrected chi connectivity index (χ3v) is 5.59. The molecule has 3 aromatic carbocycles. The quantitative estimate of drug-likeness (QED) is 0.130. The lowest BCUT2D eigenvalue weighted by atomic mass is 9.82. The first kappa shape index (κ1) is 26.3. The molecule has 0 atom stereocenters. The van der Waals surface area contributed by atoms with Gasteiger partial charge in [-0.3, -0.25) is 0 Å². The molecule has 0 nitrogen and oxygen atoms in total. The van der Waals surface area contributed by atoms with Crippen LogP contribution in [0.5, 0.6) is 0 Å². The summed E-state index contributed by atoms with van der Waals surface area (Å²) in [6.07, 6.45) is 0. The van der Waals surface area contributed by atoms with E-state index in [1.54, 1.807) is 0 Å². The molecule has 3 rings (SSSR count). The van der Waals surface area contributed by atoms with Crippen molar-refractivity contribution in [3.63, 3.8) is 0 Å². The van der Waals surface area contributed by atoms with Gasteiger partial charge in [-0.2, -0.15) is 0 Å². The van der Waals surface area contributed by atoms with E-state index < -0.39 is 107 Å². The second kappa shape index (κ2) is 9.04. The molecule has 34 heavy (non-hydrogen) atoms. The van der Waals surface area contributed by atoms with Crippen LogP contribution in [0.25, 0.3) is 0 Å². The zero-order valence-corrected chi connectivity index (χ0v) is 17.5. The average Bonchev–Trinajstić information content (AvgIpc) is 2.81. The number of rotatable bonds is 3. The minimum absolute atomic E-state index is 1.89. The first-order chi connectivity index (χ1) is 15.7. The van der Waals surface area contributed by atoms with E-state index in [1.165, 1.54) is 0 Å². The molecule has 0 aliphatic rings. The number of hydrogen-bond acceptors (Lipinski definition) is 0. The minimum atomic E-state index is -3.64. The molecule has 0 aliphatic carbocycles. The highest BCUT2D eigenvalue weighted by Crippen LogP contribution is 2.46. The standard InChI is InChI=1S/C19HCl3F12/c20-5-14(29)8(23)2(9(24)15(5)30)1(3-10(25)16(31)6(21)17(32)11(3)26)4-12(27)18(33)7(22)19(34)13(4)28/h1H. The van der Waals surface area contributed by atoms with Gasteiger partial charge in [0.2, 0.25) is 0 Å². The maximum absolute atomic E-state index is 14.6. The molecular formula is C19HCl3F12. The monoisotopic (exact) mass is 562 g/mol. The van der Waals surface area contributed by atoms with Gasteiger partial charge in [0.25, 0.3) is 0 Å². The van der Waals surface area contributed by atoms with Crippen LogP contribution in [0.2, 0.25) is 15.1 Å². The Kier molecular flexibility index (Phi) is 7.00. The maximum Gasteiger partial charge on any atom is 0.180 e. The lowest BCUT2D eigenvalue weighted by Crippen LogP contribution is -2.20. The molecule has 0 aromatic heterocycles. The molecule has 0 aliphatic heterocycles. The van der Waals surface area contributed by atoms with Gasteiger partial charge in [0.15, 0.2) is 69.8 Å². The molecule has 15 heteroatoms. The summed E-state index contributed by atoms with van der Waals surface area (Å²) in [6, 6.07) is 0. The van der Waals surface area contributed by atoms with Crippen molar-refractivity contribution in [2.45, 2.75) is 5.92 Å². The summed E-state index contributed by atoms with van der Waals surface area (Å²) in [5.74, 6) is -34.7. The second-order valence-electron chi connectivity index (χ2n) is 6.38. The van der Waals surface area contributed by atoms with Crippen molar-refractivity contribution < 1.29 is 52.7 Å². The third kappa shape index (κ3) is 3.66. The van der Waals surface area contributed by atoms with Crippen LogP contribution in [0.3, 0.4) is 0 Å². The van der Waals surface area contributed by atoms with Gasteiger partial charge >= 0.3 is 0 Å². The predicted molar refractivity (Wildman–Crippen MR) is 94.8 cm³/mol. The van der Waals surface area contributed by atoms with E-state index >= 15 is 0 Å². The molecule has 0 heterocycles. The lowest BCUT2D eigenvalue weighted by molar-refractivity contribution is 0.402. The van der Waals surface area contributed by atoms with E-state index in [9.17, 15) is 52.7 Å². The molecule has 0 unspecified atom stereocenters. The summed E-state index contributed by atoms with van der Waals surface area (Å²) < 4.78 is 172. The van der Waals surface area contributed by atoms with Crippen LogP contribution in [0, 0.1) is 69.8 Å². The van der Waals surface area contributed by atoms with Gasteiger partial charge in [0, 0.05) is 16.7 Å². The van der Waals surface area contributed by atoms with Gasteiger partial charge in [0.1, 0.15) is 15.1 Å². The predicted octanol–water partition coefficient (Wildman–Crippen LogP) is 8.50. The highest BCUT2D eigenvalue weighted by molar-refractivity contribution is 6.31. The Morgan fingerprint density at radius 1 is 0.294 bits per heavy atom. The molecular weight excluding hydrogens is 563 g/mol. The van der Waals surface area contributed by atoms with Gasteiger partial charge in [-0.15, -0.1) is 0 Å². The first-order valence-corrected chi connectivity index (χ1v) is 9.33. The van der Waals surface area contributed by atoms with Crippen LogP contribution >= 0.6 is 34.8 Å². The van der Waals surface area contributed by atoms with Crippen LogP contribution in [0.1, 0.15) is 22.6 Å². The summed E-state index contributed by atoms with van der Waals surface area (Å²) in [4.78, 5) is 0. The Balaban J connectivity index is 2.68. The van der Waals surface area contributed by atoms with E-state index in [0.29, 0.717) is 0 Å². The van der Waals surface area contributed by atoms with E-state index in [-0.39, 0.29) is 0 Å². The zero-order chi connectivity index (χ0) is 26.0. The van der Waals surface area contributed by atoms with Crippen molar-refractivity contribution in [1.82, 2.24) is 0 Å². The molecule has 182 valence electrons. The molecule has 3 aromatic rings. The molecule has 0 saturated carbocycles. The van der Waals surface area contributed by atoms with Crippen molar-refractivity contribution in [2.24, 2.45) is 0 Å². The van der Waals surface area contributed by atoms with E-state index in [1.807, 2.05) is 0 Å². The summed E-state index contributed by atoms with van der Waals surface area (Å²) in [5.41, 5.74) is -7.09. The minimum Gasteiger partial charge on any atom is -0.203 e. The highest BCUT2D eigenvalue weighted by atomic mass is 35.5. The summed E-state index contributed by atoms with van der Waals surface area (Å²) >= 11 is 15.1.